The van der Waals surface area contributed by atoms with Gasteiger partial charge in [0.2, 0.25) is 0 Å². The lowest BCUT2D eigenvalue weighted by molar-refractivity contribution is 0.525. The number of nitrogens with zero attached hydrogens (tertiary/aromatic N) is 2. The molecule has 0 spiro atoms. The number of aromatic nitrogens is 2. The van der Waals surface area contributed by atoms with Crippen LogP contribution in [-0.4, -0.2) is 9.97 Å². The van der Waals surface area contributed by atoms with Gasteiger partial charge in [0, 0.05) is 25.0 Å². The zero-order chi connectivity index (χ0) is 13.0. The lowest BCUT2D eigenvalue weighted by atomic mass is 10.2. The van der Waals surface area contributed by atoms with Gasteiger partial charge >= 0.3 is 0 Å². The molecule has 0 aliphatic carbocycles. The molecule has 2 heterocycles. The summed E-state index contributed by atoms with van der Waals surface area (Å²) in [6, 6.07) is 7.05. The molecular formula is C14H16FN3. The molecule has 2 rings (SSSR count). The fraction of sp³-hybridized carbons (Fsp3) is 0.286. The number of nitrogens with one attached hydrogen (secondary N) is 1. The summed E-state index contributed by atoms with van der Waals surface area (Å²) >= 11 is 0. The Bertz CT molecular complexity index is 511. The summed E-state index contributed by atoms with van der Waals surface area (Å²) in [5, 5.41) is 3.21. The van der Waals surface area contributed by atoms with E-state index in [0.29, 0.717) is 12.2 Å². The van der Waals surface area contributed by atoms with Crippen LogP contribution in [0.4, 0.5) is 4.39 Å². The van der Waals surface area contributed by atoms with E-state index in [1.807, 2.05) is 32.2 Å². The maximum Gasteiger partial charge on any atom is 0.146 e. The van der Waals surface area contributed by atoms with Crippen molar-refractivity contribution in [1.29, 1.82) is 0 Å². The van der Waals surface area contributed by atoms with Crippen molar-refractivity contribution in [2.45, 2.75) is 26.4 Å². The highest BCUT2D eigenvalue weighted by Gasteiger charge is 2.08. The Balaban J connectivity index is 1.98. The maximum absolute atomic E-state index is 13.4. The SMILES string of the molecule is Cc1ccc([C@@H](C)NCc2ncccc2F)nc1. The Morgan fingerprint density at radius 1 is 1.28 bits per heavy atom. The van der Waals surface area contributed by atoms with E-state index in [4.69, 9.17) is 0 Å². The maximum atomic E-state index is 13.4. The Labute approximate surface area is 106 Å². The van der Waals surface area contributed by atoms with E-state index in [2.05, 4.69) is 15.3 Å². The van der Waals surface area contributed by atoms with Crippen molar-refractivity contribution >= 4 is 0 Å². The third kappa shape index (κ3) is 3.11. The smallest absolute Gasteiger partial charge is 0.146 e. The number of hydrogen-bond donors (Lipinski definition) is 1. The van der Waals surface area contributed by atoms with Crippen molar-refractivity contribution in [1.82, 2.24) is 15.3 Å². The number of aryl methyl sites for hydroxylation is 1. The Kier molecular flexibility index (Phi) is 3.99. The summed E-state index contributed by atoms with van der Waals surface area (Å²) in [5.74, 6) is -0.283. The second-order valence-electron chi connectivity index (χ2n) is 4.29. The van der Waals surface area contributed by atoms with Crippen LogP contribution in [0, 0.1) is 12.7 Å². The topological polar surface area (TPSA) is 37.8 Å². The molecule has 2 aromatic heterocycles. The van der Waals surface area contributed by atoms with Crippen LogP contribution in [-0.2, 0) is 6.54 Å². The number of rotatable bonds is 4. The molecular weight excluding hydrogens is 229 g/mol. The molecule has 94 valence electrons. The molecule has 0 saturated carbocycles. The molecule has 0 aliphatic rings. The van der Waals surface area contributed by atoms with Gasteiger partial charge in [-0.25, -0.2) is 4.39 Å². The molecule has 0 aromatic carbocycles. The highest BCUT2D eigenvalue weighted by Crippen LogP contribution is 2.11. The van der Waals surface area contributed by atoms with Crippen molar-refractivity contribution < 1.29 is 4.39 Å². The van der Waals surface area contributed by atoms with Crippen molar-refractivity contribution in [2.24, 2.45) is 0 Å². The molecule has 18 heavy (non-hydrogen) atoms. The first-order valence-electron chi connectivity index (χ1n) is 5.92. The first-order chi connectivity index (χ1) is 8.66. The molecule has 2 aromatic rings. The van der Waals surface area contributed by atoms with Crippen LogP contribution in [0.5, 0.6) is 0 Å². The molecule has 0 fully saturated rings. The van der Waals surface area contributed by atoms with Crippen LogP contribution in [0.25, 0.3) is 0 Å². The standard InChI is InChI=1S/C14H16FN3/c1-10-5-6-13(18-8-10)11(2)17-9-14-12(15)4-3-7-16-14/h3-8,11,17H,9H2,1-2H3/t11-/m1/s1. The van der Waals surface area contributed by atoms with Crippen molar-refractivity contribution in [3.8, 4) is 0 Å². The molecule has 4 heteroatoms. The van der Waals surface area contributed by atoms with Gasteiger partial charge in [-0.3, -0.25) is 9.97 Å². The molecule has 1 N–H and O–H groups in total. The van der Waals surface area contributed by atoms with Crippen LogP contribution < -0.4 is 5.32 Å². The fourth-order valence-electron chi connectivity index (χ4n) is 1.64. The predicted molar refractivity (Wildman–Crippen MR) is 68.4 cm³/mol. The third-order valence-electron chi connectivity index (χ3n) is 2.79. The van der Waals surface area contributed by atoms with E-state index in [0.717, 1.165) is 11.3 Å². The molecule has 1 atom stereocenters. The van der Waals surface area contributed by atoms with Crippen molar-refractivity contribution in [3.05, 3.63) is 59.4 Å². The number of pyridine rings is 2. The Morgan fingerprint density at radius 3 is 2.78 bits per heavy atom. The van der Waals surface area contributed by atoms with Gasteiger partial charge in [0.15, 0.2) is 0 Å². The van der Waals surface area contributed by atoms with Gasteiger partial charge in [-0.2, -0.15) is 0 Å². The molecule has 0 bridgehead atoms. The van der Waals surface area contributed by atoms with E-state index in [9.17, 15) is 4.39 Å². The van der Waals surface area contributed by atoms with Gasteiger partial charge in [0.05, 0.1) is 11.4 Å². The zero-order valence-electron chi connectivity index (χ0n) is 10.5. The first-order valence-corrected chi connectivity index (χ1v) is 5.92. The summed E-state index contributed by atoms with van der Waals surface area (Å²) in [7, 11) is 0. The predicted octanol–water partition coefficient (Wildman–Crippen LogP) is 2.77. The van der Waals surface area contributed by atoms with Crippen molar-refractivity contribution in [2.75, 3.05) is 0 Å². The lowest BCUT2D eigenvalue weighted by Gasteiger charge is -2.13. The van der Waals surface area contributed by atoms with Gasteiger partial charge in [0.25, 0.3) is 0 Å². The Hall–Kier alpha value is -1.81. The largest absolute Gasteiger partial charge is 0.303 e. The minimum atomic E-state index is -0.283. The average Bonchev–Trinajstić information content (AvgIpc) is 2.38. The monoisotopic (exact) mass is 245 g/mol. The first kappa shape index (κ1) is 12.6. The number of hydrogen-bond acceptors (Lipinski definition) is 3. The lowest BCUT2D eigenvalue weighted by Crippen LogP contribution is -2.20. The van der Waals surface area contributed by atoms with Crippen molar-refractivity contribution in [3.63, 3.8) is 0 Å². The average molecular weight is 245 g/mol. The van der Waals surface area contributed by atoms with Gasteiger partial charge < -0.3 is 5.32 Å². The highest BCUT2D eigenvalue weighted by atomic mass is 19.1. The van der Waals surface area contributed by atoms with E-state index < -0.39 is 0 Å². The highest BCUT2D eigenvalue weighted by molar-refractivity contribution is 5.15. The van der Waals surface area contributed by atoms with Crippen LogP contribution in [0.3, 0.4) is 0 Å². The molecule has 0 aliphatic heterocycles. The molecule has 0 radical (unpaired) electrons. The van der Waals surface area contributed by atoms with Gasteiger partial charge in [-0.05, 0) is 37.6 Å². The van der Waals surface area contributed by atoms with Gasteiger partial charge in [-0.15, -0.1) is 0 Å². The van der Waals surface area contributed by atoms with Crippen LogP contribution >= 0.6 is 0 Å². The van der Waals surface area contributed by atoms with E-state index in [-0.39, 0.29) is 11.9 Å². The molecule has 3 nitrogen and oxygen atoms in total. The van der Waals surface area contributed by atoms with Gasteiger partial charge in [0.1, 0.15) is 5.82 Å². The Morgan fingerprint density at radius 2 is 2.11 bits per heavy atom. The normalized spacial score (nSPS) is 12.4. The van der Waals surface area contributed by atoms with Crippen LogP contribution in [0.15, 0.2) is 36.7 Å². The van der Waals surface area contributed by atoms with E-state index >= 15 is 0 Å². The van der Waals surface area contributed by atoms with Crippen LogP contribution in [0.1, 0.15) is 29.9 Å². The number of halogens is 1. The second kappa shape index (κ2) is 5.69. The summed E-state index contributed by atoms with van der Waals surface area (Å²) in [6.45, 7) is 4.39. The minimum Gasteiger partial charge on any atom is -0.303 e. The quantitative estimate of drug-likeness (QED) is 0.900. The second-order valence-corrected chi connectivity index (χ2v) is 4.29. The summed E-state index contributed by atoms with van der Waals surface area (Å²) in [4.78, 5) is 8.34. The molecule has 0 saturated heterocycles. The van der Waals surface area contributed by atoms with E-state index in [1.165, 1.54) is 6.07 Å². The zero-order valence-corrected chi connectivity index (χ0v) is 10.5. The summed E-state index contributed by atoms with van der Waals surface area (Å²) < 4.78 is 13.4. The third-order valence-corrected chi connectivity index (χ3v) is 2.79. The summed E-state index contributed by atoms with van der Waals surface area (Å²) in [5.41, 5.74) is 2.50. The molecule has 0 unspecified atom stereocenters. The van der Waals surface area contributed by atoms with Gasteiger partial charge in [-0.1, -0.05) is 6.07 Å². The molecule has 0 amide bonds. The van der Waals surface area contributed by atoms with E-state index in [1.54, 1.807) is 12.3 Å². The summed E-state index contributed by atoms with van der Waals surface area (Å²) in [6.07, 6.45) is 3.42. The fourth-order valence-corrected chi connectivity index (χ4v) is 1.64. The van der Waals surface area contributed by atoms with Crippen LogP contribution in [0.2, 0.25) is 0 Å². The minimum absolute atomic E-state index is 0.0620.